The van der Waals surface area contributed by atoms with Crippen molar-refractivity contribution in [2.75, 3.05) is 19.6 Å². The minimum atomic E-state index is -0.908. The minimum Gasteiger partial charge on any atom is -0.385 e. The standard InChI is InChI=1S/C20H26ClNO/c1-3-22(4-2)14-13-20(23,16-17-9-6-5-7-10-17)18-11-8-12-19(21)15-18/h5-12,15,23H,3-4,13-14,16H2,1-2H3. The molecule has 0 fully saturated rings. The summed E-state index contributed by atoms with van der Waals surface area (Å²) in [5.74, 6) is 0. The van der Waals surface area contributed by atoms with Crippen LogP contribution in [0.4, 0.5) is 0 Å². The van der Waals surface area contributed by atoms with Gasteiger partial charge >= 0.3 is 0 Å². The molecule has 2 rings (SSSR count). The molecule has 0 saturated carbocycles. The highest BCUT2D eigenvalue weighted by Gasteiger charge is 2.30. The third-order valence-corrected chi connectivity index (χ3v) is 4.67. The average Bonchev–Trinajstić information content (AvgIpc) is 2.57. The molecule has 0 spiro atoms. The molecular formula is C20H26ClNO. The Morgan fingerprint density at radius 3 is 2.30 bits per heavy atom. The Bertz CT molecular complexity index is 598. The van der Waals surface area contributed by atoms with Gasteiger partial charge in [0.05, 0.1) is 5.60 Å². The van der Waals surface area contributed by atoms with Crippen LogP contribution in [0.1, 0.15) is 31.4 Å². The number of hydrogen-bond acceptors (Lipinski definition) is 2. The van der Waals surface area contributed by atoms with Crippen LogP contribution in [0.2, 0.25) is 5.02 Å². The lowest BCUT2D eigenvalue weighted by Crippen LogP contribution is -2.35. The highest BCUT2D eigenvalue weighted by Crippen LogP contribution is 2.31. The maximum atomic E-state index is 11.4. The monoisotopic (exact) mass is 331 g/mol. The topological polar surface area (TPSA) is 23.5 Å². The van der Waals surface area contributed by atoms with Crippen molar-refractivity contribution in [3.8, 4) is 0 Å². The Balaban J connectivity index is 2.26. The first kappa shape index (κ1) is 18.0. The molecule has 23 heavy (non-hydrogen) atoms. The molecule has 0 radical (unpaired) electrons. The van der Waals surface area contributed by atoms with Gasteiger partial charge in [0.25, 0.3) is 0 Å². The maximum Gasteiger partial charge on any atom is 0.0949 e. The summed E-state index contributed by atoms with van der Waals surface area (Å²) in [5, 5.41) is 12.1. The van der Waals surface area contributed by atoms with E-state index in [-0.39, 0.29) is 0 Å². The second-order valence-electron chi connectivity index (χ2n) is 5.98. The van der Waals surface area contributed by atoms with Crippen molar-refractivity contribution in [1.82, 2.24) is 4.90 Å². The molecule has 0 aromatic heterocycles. The third-order valence-electron chi connectivity index (χ3n) is 4.44. The molecule has 0 aliphatic heterocycles. The number of nitrogens with zero attached hydrogens (tertiary/aromatic N) is 1. The molecule has 0 amide bonds. The van der Waals surface area contributed by atoms with Crippen molar-refractivity contribution in [3.63, 3.8) is 0 Å². The predicted molar refractivity (Wildman–Crippen MR) is 97.9 cm³/mol. The third kappa shape index (κ3) is 5.07. The van der Waals surface area contributed by atoms with Crippen LogP contribution in [0.5, 0.6) is 0 Å². The van der Waals surface area contributed by atoms with E-state index < -0.39 is 5.60 Å². The van der Waals surface area contributed by atoms with Gasteiger partial charge in [-0.2, -0.15) is 0 Å². The fourth-order valence-electron chi connectivity index (χ4n) is 2.93. The molecule has 0 aliphatic rings. The number of halogens is 1. The summed E-state index contributed by atoms with van der Waals surface area (Å²) in [6, 6.07) is 17.8. The van der Waals surface area contributed by atoms with Gasteiger partial charge in [0.15, 0.2) is 0 Å². The Labute approximate surface area is 144 Å². The summed E-state index contributed by atoms with van der Waals surface area (Å²) in [4.78, 5) is 2.33. The summed E-state index contributed by atoms with van der Waals surface area (Å²) in [6.07, 6.45) is 1.28. The second-order valence-corrected chi connectivity index (χ2v) is 6.42. The Morgan fingerprint density at radius 2 is 1.70 bits per heavy atom. The van der Waals surface area contributed by atoms with Crippen LogP contribution in [-0.4, -0.2) is 29.6 Å². The van der Waals surface area contributed by atoms with Crippen LogP contribution in [0.3, 0.4) is 0 Å². The Hall–Kier alpha value is -1.35. The maximum absolute atomic E-state index is 11.4. The fourth-order valence-corrected chi connectivity index (χ4v) is 3.12. The molecule has 2 aromatic carbocycles. The van der Waals surface area contributed by atoms with Gasteiger partial charge in [-0.15, -0.1) is 0 Å². The van der Waals surface area contributed by atoms with Gasteiger partial charge < -0.3 is 10.0 Å². The largest absolute Gasteiger partial charge is 0.385 e. The Kier molecular flexibility index (Phi) is 6.64. The van der Waals surface area contributed by atoms with Gasteiger partial charge in [0.1, 0.15) is 0 Å². The minimum absolute atomic E-state index is 0.593. The van der Waals surface area contributed by atoms with Gasteiger partial charge in [-0.1, -0.05) is 67.9 Å². The van der Waals surface area contributed by atoms with E-state index in [1.165, 1.54) is 0 Å². The molecule has 0 saturated heterocycles. The number of benzene rings is 2. The normalized spacial score (nSPS) is 14.0. The highest BCUT2D eigenvalue weighted by atomic mass is 35.5. The van der Waals surface area contributed by atoms with Crippen molar-refractivity contribution in [2.45, 2.75) is 32.3 Å². The molecule has 1 atom stereocenters. The van der Waals surface area contributed by atoms with Crippen molar-refractivity contribution >= 4 is 11.6 Å². The molecule has 124 valence electrons. The van der Waals surface area contributed by atoms with Crippen LogP contribution in [-0.2, 0) is 12.0 Å². The van der Waals surface area contributed by atoms with Gasteiger partial charge in [-0.25, -0.2) is 0 Å². The summed E-state index contributed by atoms with van der Waals surface area (Å²) in [7, 11) is 0. The first-order valence-electron chi connectivity index (χ1n) is 8.32. The van der Waals surface area contributed by atoms with Crippen LogP contribution in [0.15, 0.2) is 54.6 Å². The van der Waals surface area contributed by atoms with E-state index >= 15 is 0 Å². The molecule has 3 heteroatoms. The highest BCUT2D eigenvalue weighted by molar-refractivity contribution is 6.30. The quantitative estimate of drug-likeness (QED) is 0.769. The molecule has 1 unspecified atom stereocenters. The smallest absolute Gasteiger partial charge is 0.0949 e. The second kappa shape index (κ2) is 8.49. The van der Waals surface area contributed by atoms with Gasteiger partial charge in [-0.05, 0) is 42.8 Å². The lowest BCUT2D eigenvalue weighted by Gasteiger charge is -2.32. The van der Waals surface area contributed by atoms with E-state index in [9.17, 15) is 5.11 Å². The Morgan fingerprint density at radius 1 is 1.00 bits per heavy atom. The van der Waals surface area contributed by atoms with Crippen LogP contribution >= 0.6 is 11.6 Å². The van der Waals surface area contributed by atoms with Crippen molar-refractivity contribution in [1.29, 1.82) is 0 Å². The van der Waals surface area contributed by atoms with E-state index in [4.69, 9.17) is 11.6 Å². The average molecular weight is 332 g/mol. The van der Waals surface area contributed by atoms with E-state index in [0.717, 1.165) is 30.8 Å². The SMILES string of the molecule is CCN(CC)CCC(O)(Cc1ccccc1)c1cccc(Cl)c1. The van der Waals surface area contributed by atoms with E-state index in [0.29, 0.717) is 17.9 Å². The molecular weight excluding hydrogens is 306 g/mol. The van der Waals surface area contributed by atoms with Gasteiger partial charge in [0, 0.05) is 18.0 Å². The van der Waals surface area contributed by atoms with E-state index in [2.05, 4.69) is 30.9 Å². The zero-order valence-corrected chi connectivity index (χ0v) is 14.8. The number of aliphatic hydroxyl groups is 1. The first-order chi connectivity index (χ1) is 11.1. The molecule has 0 heterocycles. The van der Waals surface area contributed by atoms with Crippen molar-refractivity contribution in [3.05, 3.63) is 70.7 Å². The zero-order chi connectivity index (χ0) is 16.7. The van der Waals surface area contributed by atoms with E-state index in [1.54, 1.807) is 0 Å². The first-order valence-corrected chi connectivity index (χ1v) is 8.70. The molecule has 2 aromatic rings. The predicted octanol–water partition coefficient (Wildman–Crippen LogP) is 4.50. The molecule has 0 bridgehead atoms. The van der Waals surface area contributed by atoms with Gasteiger partial charge in [-0.3, -0.25) is 0 Å². The summed E-state index contributed by atoms with van der Waals surface area (Å²) in [5.41, 5.74) is 1.12. The molecule has 2 nitrogen and oxygen atoms in total. The van der Waals surface area contributed by atoms with Crippen LogP contribution in [0, 0.1) is 0 Å². The summed E-state index contributed by atoms with van der Waals surface area (Å²) >= 11 is 6.15. The van der Waals surface area contributed by atoms with Crippen LogP contribution in [0.25, 0.3) is 0 Å². The fraction of sp³-hybridized carbons (Fsp3) is 0.400. The number of hydrogen-bond donors (Lipinski definition) is 1. The molecule has 1 N–H and O–H groups in total. The molecule has 0 aliphatic carbocycles. The van der Waals surface area contributed by atoms with E-state index in [1.807, 2.05) is 42.5 Å². The number of rotatable bonds is 8. The summed E-state index contributed by atoms with van der Waals surface area (Å²) < 4.78 is 0. The zero-order valence-electron chi connectivity index (χ0n) is 14.0. The van der Waals surface area contributed by atoms with Crippen LogP contribution < -0.4 is 0 Å². The van der Waals surface area contributed by atoms with Crippen molar-refractivity contribution in [2.24, 2.45) is 0 Å². The van der Waals surface area contributed by atoms with Crippen molar-refractivity contribution < 1.29 is 5.11 Å². The van der Waals surface area contributed by atoms with Gasteiger partial charge in [0.2, 0.25) is 0 Å². The summed E-state index contributed by atoms with van der Waals surface area (Å²) in [6.45, 7) is 7.15. The lowest BCUT2D eigenvalue weighted by atomic mass is 9.84. The lowest BCUT2D eigenvalue weighted by molar-refractivity contribution is 0.0181.